The first-order valence-electron chi connectivity index (χ1n) is 8.16. The second-order valence-electron chi connectivity index (χ2n) is 7.28. The van der Waals surface area contributed by atoms with Gasteiger partial charge in [-0.3, -0.25) is 4.79 Å². The molecule has 0 aliphatic carbocycles. The van der Waals surface area contributed by atoms with E-state index < -0.39 is 22.9 Å². The van der Waals surface area contributed by atoms with Gasteiger partial charge in [-0.05, 0) is 45.9 Å². The number of hydrogen-bond acceptors (Lipinski definition) is 6. The third kappa shape index (κ3) is 2.79. The van der Waals surface area contributed by atoms with Crippen LogP contribution in [0, 0.1) is 11.3 Å². The molecule has 0 aromatic heterocycles. The molecule has 1 aromatic rings. The summed E-state index contributed by atoms with van der Waals surface area (Å²) < 4.78 is 11.6. The molecule has 140 valence electrons. The number of halogens is 1. The molecule has 0 bridgehead atoms. The second kappa shape index (κ2) is 6.13. The molecule has 3 N–H and O–H groups in total. The van der Waals surface area contributed by atoms with Gasteiger partial charge in [0.05, 0.1) is 0 Å². The quantitative estimate of drug-likeness (QED) is 0.660. The van der Waals surface area contributed by atoms with Crippen molar-refractivity contribution in [3.05, 3.63) is 51.0 Å². The largest absolute Gasteiger partial charge is 0.456 e. The highest BCUT2D eigenvalue weighted by Gasteiger charge is 2.60. The summed E-state index contributed by atoms with van der Waals surface area (Å²) in [6, 6.07) is 7.08. The number of hydrogen-bond donors (Lipinski definition) is 2. The minimum absolute atomic E-state index is 0.0578. The van der Waals surface area contributed by atoms with Crippen LogP contribution in [0.5, 0.6) is 0 Å². The molecule has 1 atom stereocenters. The number of ether oxygens (including phenoxy) is 2. The summed E-state index contributed by atoms with van der Waals surface area (Å²) >= 11 is 3.38. The molecular weight excluding hydrogens is 414 g/mol. The van der Waals surface area contributed by atoms with Crippen molar-refractivity contribution in [3.8, 4) is 6.07 Å². The number of carbonyl (C=O) groups is 2. The van der Waals surface area contributed by atoms with E-state index in [9.17, 15) is 14.9 Å². The van der Waals surface area contributed by atoms with E-state index in [2.05, 4.69) is 21.2 Å². The van der Waals surface area contributed by atoms with Crippen LogP contribution >= 0.6 is 15.9 Å². The average Bonchev–Trinajstić information content (AvgIpc) is 2.79. The summed E-state index contributed by atoms with van der Waals surface area (Å²) in [7, 11) is 0. The zero-order valence-electron chi connectivity index (χ0n) is 15.3. The maximum atomic E-state index is 13.2. The first-order chi connectivity index (χ1) is 12.5. The average molecular weight is 432 g/mol. The van der Waals surface area contributed by atoms with E-state index in [1.54, 1.807) is 39.0 Å². The maximum absolute atomic E-state index is 13.2. The smallest absolute Gasteiger partial charge is 0.339 e. The van der Waals surface area contributed by atoms with Gasteiger partial charge in [0, 0.05) is 15.7 Å². The predicted molar refractivity (Wildman–Crippen MR) is 101 cm³/mol. The van der Waals surface area contributed by atoms with Gasteiger partial charge in [-0.15, -0.1) is 0 Å². The molecule has 0 fully saturated rings. The molecule has 1 aromatic carbocycles. The standard InChI is InChI=1S/C19H18BrN3O4/c1-9-14(16(24)27-18(2,3)4)19(12(8-21)15(22)26-9)11-7-10(20)5-6-13(11)23-17(19)25/h5-7H,22H2,1-4H3,(H,23,25)/t19-/m1/s1. The maximum Gasteiger partial charge on any atom is 0.339 e. The third-order valence-electron chi connectivity index (χ3n) is 4.30. The highest BCUT2D eigenvalue weighted by molar-refractivity contribution is 9.10. The van der Waals surface area contributed by atoms with Gasteiger partial charge in [-0.25, -0.2) is 4.79 Å². The predicted octanol–water partition coefficient (Wildman–Crippen LogP) is 2.98. The lowest BCUT2D eigenvalue weighted by Gasteiger charge is -2.35. The highest BCUT2D eigenvalue weighted by Crippen LogP contribution is 2.52. The molecule has 2 aliphatic heterocycles. The molecule has 27 heavy (non-hydrogen) atoms. The molecule has 1 amide bonds. The van der Waals surface area contributed by atoms with Crippen LogP contribution < -0.4 is 11.1 Å². The number of rotatable bonds is 1. The van der Waals surface area contributed by atoms with Crippen LogP contribution in [0.4, 0.5) is 5.69 Å². The van der Waals surface area contributed by atoms with Gasteiger partial charge in [0.2, 0.25) is 11.8 Å². The number of benzene rings is 1. The Kier molecular flexibility index (Phi) is 4.31. The fourth-order valence-electron chi connectivity index (χ4n) is 3.38. The summed E-state index contributed by atoms with van der Waals surface area (Å²) in [5, 5.41) is 12.5. The van der Waals surface area contributed by atoms with E-state index >= 15 is 0 Å². The zero-order chi connectivity index (χ0) is 20.1. The minimum Gasteiger partial charge on any atom is -0.456 e. The number of allylic oxidation sites excluding steroid dienone is 1. The normalized spacial score (nSPS) is 21.6. The van der Waals surface area contributed by atoms with Crippen LogP contribution in [0.3, 0.4) is 0 Å². The molecule has 1 spiro atoms. The Morgan fingerprint density at radius 3 is 2.67 bits per heavy atom. The third-order valence-corrected chi connectivity index (χ3v) is 4.79. The van der Waals surface area contributed by atoms with Gasteiger partial charge in [0.25, 0.3) is 0 Å². The van der Waals surface area contributed by atoms with Crippen LogP contribution in [0.1, 0.15) is 33.3 Å². The fraction of sp³-hybridized carbons (Fsp3) is 0.316. The molecule has 0 radical (unpaired) electrons. The van der Waals surface area contributed by atoms with Crippen molar-refractivity contribution < 1.29 is 19.1 Å². The molecule has 2 aliphatic rings. The van der Waals surface area contributed by atoms with E-state index in [-0.39, 0.29) is 22.8 Å². The summed E-state index contributed by atoms with van der Waals surface area (Å²) in [4.78, 5) is 26.3. The lowest BCUT2D eigenvalue weighted by atomic mass is 9.68. The van der Waals surface area contributed by atoms with Crippen molar-refractivity contribution in [3.63, 3.8) is 0 Å². The number of esters is 1. The molecule has 8 heteroatoms. The van der Waals surface area contributed by atoms with Gasteiger partial charge < -0.3 is 20.5 Å². The van der Waals surface area contributed by atoms with Crippen LogP contribution in [-0.4, -0.2) is 17.5 Å². The number of nitrogens with two attached hydrogens (primary N) is 1. The van der Waals surface area contributed by atoms with E-state index in [1.807, 2.05) is 6.07 Å². The molecule has 3 rings (SSSR count). The Bertz CT molecular complexity index is 982. The number of carbonyl (C=O) groups excluding carboxylic acids is 2. The molecular formula is C19H18BrN3O4. The topological polar surface area (TPSA) is 114 Å². The van der Waals surface area contributed by atoms with E-state index in [1.165, 1.54) is 6.92 Å². The van der Waals surface area contributed by atoms with Crippen molar-refractivity contribution in [2.24, 2.45) is 5.73 Å². The van der Waals surface area contributed by atoms with Crippen LogP contribution in [0.2, 0.25) is 0 Å². The molecule has 2 heterocycles. The van der Waals surface area contributed by atoms with Crippen molar-refractivity contribution >= 4 is 33.5 Å². The number of nitrogens with zero attached hydrogens (tertiary/aromatic N) is 1. The first kappa shape index (κ1) is 19.0. The first-order valence-corrected chi connectivity index (χ1v) is 8.96. The Morgan fingerprint density at radius 2 is 2.07 bits per heavy atom. The number of nitrogens with one attached hydrogen (secondary N) is 1. The number of anilines is 1. The Hall–Kier alpha value is -2.79. The SMILES string of the molecule is CC1=C(C(=O)OC(C)(C)C)[C@]2(C(=O)Nc3ccc(Br)cc32)C(C#N)=C(N)O1. The molecule has 0 saturated carbocycles. The van der Waals surface area contributed by atoms with Gasteiger partial charge in [-0.1, -0.05) is 15.9 Å². The molecule has 0 saturated heterocycles. The van der Waals surface area contributed by atoms with Crippen molar-refractivity contribution in [1.29, 1.82) is 5.26 Å². The van der Waals surface area contributed by atoms with Crippen molar-refractivity contribution in [1.82, 2.24) is 0 Å². The highest BCUT2D eigenvalue weighted by atomic mass is 79.9. The number of fused-ring (bicyclic) bond motifs is 2. The van der Waals surface area contributed by atoms with Crippen LogP contribution in [-0.2, 0) is 24.5 Å². The van der Waals surface area contributed by atoms with Gasteiger partial charge >= 0.3 is 5.97 Å². The fourth-order valence-corrected chi connectivity index (χ4v) is 3.74. The van der Waals surface area contributed by atoms with Crippen LogP contribution in [0.25, 0.3) is 0 Å². The van der Waals surface area contributed by atoms with Crippen LogP contribution in [0.15, 0.2) is 45.5 Å². The number of amides is 1. The summed E-state index contributed by atoms with van der Waals surface area (Å²) in [6.07, 6.45) is 0. The van der Waals surface area contributed by atoms with Crippen molar-refractivity contribution in [2.45, 2.75) is 38.7 Å². The Morgan fingerprint density at radius 1 is 1.41 bits per heavy atom. The Balaban J connectivity index is 2.36. The summed E-state index contributed by atoms with van der Waals surface area (Å²) in [6.45, 7) is 6.66. The molecule has 7 nitrogen and oxygen atoms in total. The minimum atomic E-state index is -1.73. The van der Waals surface area contributed by atoms with E-state index in [0.717, 1.165) is 0 Å². The summed E-state index contributed by atoms with van der Waals surface area (Å²) in [5.41, 5.74) is 4.11. The van der Waals surface area contributed by atoms with Gasteiger partial charge in [-0.2, -0.15) is 5.26 Å². The van der Waals surface area contributed by atoms with Crippen molar-refractivity contribution in [2.75, 3.05) is 5.32 Å². The Labute approximate surface area is 164 Å². The van der Waals surface area contributed by atoms with E-state index in [0.29, 0.717) is 15.7 Å². The van der Waals surface area contributed by atoms with E-state index in [4.69, 9.17) is 15.2 Å². The second-order valence-corrected chi connectivity index (χ2v) is 8.20. The number of nitriles is 1. The molecule has 0 unspecified atom stereocenters. The van der Waals surface area contributed by atoms with Gasteiger partial charge in [0.1, 0.15) is 28.6 Å². The lowest BCUT2D eigenvalue weighted by Crippen LogP contribution is -2.46. The lowest BCUT2D eigenvalue weighted by molar-refractivity contribution is -0.151. The van der Waals surface area contributed by atoms with Gasteiger partial charge in [0.15, 0.2) is 5.41 Å². The zero-order valence-corrected chi connectivity index (χ0v) is 16.9. The monoisotopic (exact) mass is 431 g/mol. The summed E-state index contributed by atoms with van der Waals surface area (Å²) in [5.74, 6) is -1.41.